The molecule has 142 valence electrons. The highest BCUT2D eigenvalue weighted by Crippen LogP contribution is 2.28. The number of carbonyl (C=O) groups excluding carboxylic acids is 2. The summed E-state index contributed by atoms with van der Waals surface area (Å²) in [6, 6.07) is 7.81. The van der Waals surface area contributed by atoms with Crippen molar-refractivity contribution in [3.05, 3.63) is 48.0 Å². The van der Waals surface area contributed by atoms with Gasteiger partial charge in [0.15, 0.2) is 0 Å². The van der Waals surface area contributed by atoms with Crippen molar-refractivity contribution in [2.24, 2.45) is 11.8 Å². The van der Waals surface area contributed by atoms with Crippen LogP contribution in [0.15, 0.2) is 42.3 Å². The third kappa shape index (κ3) is 4.63. The van der Waals surface area contributed by atoms with Crippen LogP contribution in [0.4, 0.5) is 5.69 Å². The summed E-state index contributed by atoms with van der Waals surface area (Å²) in [5.74, 6) is 0.177. The molecule has 0 bridgehead atoms. The second-order valence-electron chi connectivity index (χ2n) is 7.02. The number of carbonyl (C=O) groups is 2. The molecule has 2 heterocycles. The molecule has 6 heteroatoms. The zero-order valence-corrected chi connectivity index (χ0v) is 16.6. The summed E-state index contributed by atoms with van der Waals surface area (Å²) in [7, 11) is 0. The van der Waals surface area contributed by atoms with Crippen LogP contribution in [0.3, 0.4) is 0 Å². The molecule has 1 atom stereocenters. The summed E-state index contributed by atoms with van der Waals surface area (Å²) in [5, 5.41) is 6.02. The van der Waals surface area contributed by atoms with E-state index < -0.39 is 0 Å². The maximum absolute atomic E-state index is 12.7. The minimum Gasteiger partial charge on any atom is -0.339 e. The Labute approximate surface area is 164 Å². The van der Waals surface area contributed by atoms with E-state index in [-0.39, 0.29) is 23.7 Å². The minimum atomic E-state index is -0.100. The van der Waals surface area contributed by atoms with Crippen LogP contribution in [0.2, 0.25) is 0 Å². The summed E-state index contributed by atoms with van der Waals surface area (Å²) in [6.07, 6.45) is 3.03. The maximum atomic E-state index is 12.7. The third-order valence-electron chi connectivity index (χ3n) is 5.14. The largest absolute Gasteiger partial charge is 0.339 e. The fourth-order valence-corrected chi connectivity index (χ4v) is 4.23. The van der Waals surface area contributed by atoms with Gasteiger partial charge < -0.3 is 10.2 Å². The molecule has 1 aliphatic rings. The smallest absolute Gasteiger partial charge is 0.245 e. The number of nitrogens with zero attached hydrogens (tertiary/aromatic N) is 2. The molecule has 2 amide bonds. The molecule has 0 aliphatic carbocycles. The summed E-state index contributed by atoms with van der Waals surface area (Å²) < 4.78 is 0. The van der Waals surface area contributed by atoms with Crippen molar-refractivity contribution in [1.82, 2.24) is 9.88 Å². The number of aryl methyl sites for hydroxylation is 1. The molecule has 0 spiro atoms. The second kappa shape index (κ2) is 8.48. The first-order valence-electron chi connectivity index (χ1n) is 9.22. The topological polar surface area (TPSA) is 62.3 Å². The van der Waals surface area contributed by atoms with Crippen molar-refractivity contribution in [2.45, 2.75) is 26.7 Å². The zero-order chi connectivity index (χ0) is 19.4. The van der Waals surface area contributed by atoms with Crippen LogP contribution >= 0.6 is 11.3 Å². The van der Waals surface area contributed by atoms with Crippen LogP contribution in [0.25, 0.3) is 10.6 Å². The lowest BCUT2D eigenvalue weighted by Gasteiger charge is -2.33. The predicted molar refractivity (Wildman–Crippen MR) is 110 cm³/mol. The number of nitrogens with one attached hydrogen (secondary N) is 1. The van der Waals surface area contributed by atoms with Gasteiger partial charge in [-0.25, -0.2) is 4.98 Å². The number of anilines is 1. The third-order valence-corrected chi connectivity index (χ3v) is 6.15. The van der Waals surface area contributed by atoms with E-state index in [1.807, 2.05) is 43.5 Å². The first-order chi connectivity index (χ1) is 13.0. The van der Waals surface area contributed by atoms with Crippen molar-refractivity contribution in [3.8, 4) is 10.6 Å². The zero-order valence-electron chi connectivity index (χ0n) is 15.8. The number of amides is 2. The van der Waals surface area contributed by atoms with E-state index in [9.17, 15) is 9.59 Å². The van der Waals surface area contributed by atoms with Crippen molar-refractivity contribution in [3.63, 3.8) is 0 Å². The number of thiazole rings is 1. The molecule has 5 nitrogen and oxygen atoms in total. The van der Waals surface area contributed by atoms with Gasteiger partial charge in [-0.05, 0) is 43.9 Å². The molecule has 1 unspecified atom stereocenters. The van der Waals surface area contributed by atoms with E-state index in [4.69, 9.17) is 0 Å². The normalized spacial score (nSPS) is 16.0. The molecule has 27 heavy (non-hydrogen) atoms. The molecule has 1 N–H and O–H groups in total. The Kier molecular flexibility index (Phi) is 6.06. The molecule has 0 saturated carbocycles. The van der Waals surface area contributed by atoms with E-state index >= 15 is 0 Å². The van der Waals surface area contributed by atoms with Crippen LogP contribution < -0.4 is 5.32 Å². The molecule has 1 aromatic heterocycles. The van der Waals surface area contributed by atoms with Crippen LogP contribution in [0.1, 0.15) is 25.5 Å². The van der Waals surface area contributed by atoms with E-state index in [2.05, 4.69) is 16.9 Å². The minimum absolute atomic E-state index is 0.0240. The molecular weight excluding hydrogens is 358 g/mol. The van der Waals surface area contributed by atoms with Gasteiger partial charge in [-0.2, -0.15) is 0 Å². The monoisotopic (exact) mass is 383 g/mol. The molecule has 1 aromatic carbocycles. The Bertz CT molecular complexity index is 837. The van der Waals surface area contributed by atoms with Crippen molar-refractivity contribution in [1.29, 1.82) is 0 Å². The molecule has 1 saturated heterocycles. The molecular formula is C21H25N3O2S. The van der Waals surface area contributed by atoms with Crippen LogP contribution in [-0.4, -0.2) is 34.8 Å². The van der Waals surface area contributed by atoms with Crippen LogP contribution in [-0.2, 0) is 9.59 Å². The van der Waals surface area contributed by atoms with Gasteiger partial charge in [0.25, 0.3) is 0 Å². The number of likely N-dealkylation sites (tertiary alicyclic amines) is 1. The summed E-state index contributed by atoms with van der Waals surface area (Å²) in [6.45, 7) is 8.85. The Morgan fingerprint density at radius 2 is 2.11 bits per heavy atom. The standard InChI is InChI=1S/C21H25N3O2S/c1-4-19(25)24-10-8-16(9-11-24)15(3)20(26)23-18-7-5-6-17(12-18)21-22-14(2)13-27-21/h4-7,12-13,15-16H,1,8-11H2,2-3H3,(H,23,26). The van der Waals surface area contributed by atoms with Gasteiger partial charge in [0, 0.05) is 41.3 Å². The average Bonchev–Trinajstić information content (AvgIpc) is 3.13. The van der Waals surface area contributed by atoms with E-state index in [1.54, 1.807) is 16.2 Å². The number of benzene rings is 1. The Balaban J connectivity index is 1.60. The van der Waals surface area contributed by atoms with Gasteiger partial charge in [0.1, 0.15) is 5.01 Å². The molecule has 0 radical (unpaired) electrons. The van der Waals surface area contributed by atoms with Crippen molar-refractivity contribution >= 4 is 28.8 Å². The quantitative estimate of drug-likeness (QED) is 0.790. The van der Waals surface area contributed by atoms with E-state index in [0.717, 1.165) is 34.8 Å². The molecule has 2 aromatic rings. The number of hydrogen-bond acceptors (Lipinski definition) is 4. The van der Waals surface area contributed by atoms with Crippen LogP contribution in [0.5, 0.6) is 0 Å². The van der Waals surface area contributed by atoms with Gasteiger partial charge in [-0.1, -0.05) is 25.6 Å². The second-order valence-corrected chi connectivity index (χ2v) is 7.88. The lowest BCUT2D eigenvalue weighted by molar-refractivity contribution is -0.128. The summed E-state index contributed by atoms with van der Waals surface area (Å²) in [4.78, 5) is 30.7. The number of rotatable bonds is 5. The first-order valence-corrected chi connectivity index (χ1v) is 10.1. The van der Waals surface area contributed by atoms with Gasteiger partial charge in [-0.3, -0.25) is 9.59 Å². The van der Waals surface area contributed by atoms with Gasteiger partial charge in [-0.15, -0.1) is 11.3 Å². The molecule has 3 rings (SSSR count). The van der Waals surface area contributed by atoms with Crippen LogP contribution in [0, 0.1) is 18.8 Å². The van der Waals surface area contributed by atoms with E-state index in [0.29, 0.717) is 13.1 Å². The SMILES string of the molecule is C=CC(=O)N1CCC(C(C)C(=O)Nc2cccc(-c3nc(C)cs3)c2)CC1. The van der Waals surface area contributed by atoms with Crippen molar-refractivity contribution in [2.75, 3.05) is 18.4 Å². The number of piperidine rings is 1. The predicted octanol–water partition coefficient (Wildman–Crippen LogP) is 4.12. The highest BCUT2D eigenvalue weighted by Gasteiger charge is 2.29. The fraction of sp³-hybridized carbons (Fsp3) is 0.381. The number of aromatic nitrogens is 1. The fourth-order valence-electron chi connectivity index (χ4n) is 3.44. The Morgan fingerprint density at radius 3 is 2.74 bits per heavy atom. The highest BCUT2D eigenvalue weighted by molar-refractivity contribution is 7.13. The lowest BCUT2D eigenvalue weighted by atomic mass is 9.84. The van der Waals surface area contributed by atoms with Gasteiger partial charge >= 0.3 is 0 Å². The van der Waals surface area contributed by atoms with E-state index in [1.165, 1.54) is 6.08 Å². The first kappa shape index (κ1) is 19.3. The Morgan fingerprint density at radius 1 is 1.37 bits per heavy atom. The van der Waals surface area contributed by atoms with Crippen molar-refractivity contribution < 1.29 is 9.59 Å². The molecule has 1 fully saturated rings. The van der Waals surface area contributed by atoms with Gasteiger partial charge in [0.2, 0.25) is 11.8 Å². The lowest BCUT2D eigenvalue weighted by Crippen LogP contribution is -2.40. The maximum Gasteiger partial charge on any atom is 0.245 e. The Hall–Kier alpha value is -2.47. The van der Waals surface area contributed by atoms with Gasteiger partial charge in [0.05, 0.1) is 0 Å². The summed E-state index contributed by atoms with van der Waals surface area (Å²) in [5.41, 5.74) is 2.80. The summed E-state index contributed by atoms with van der Waals surface area (Å²) >= 11 is 1.60. The highest BCUT2D eigenvalue weighted by atomic mass is 32.1. The number of hydrogen-bond donors (Lipinski definition) is 1. The molecule has 1 aliphatic heterocycles. The average molecular weight is 384 g/mol.